The van der Waals surface area contributed by atoms with Crippen molar-refractivity contribution in [2.45, 2.75) is 13.8 Å². The fraction of sp³-hybridized carbons (Fsp3) is 0.0833. The summed E-state index contributed by atoms with van der Waals surface area (Å²) in [6, 6.07) is 19.1. The molecule has 0 atom stereocenters. The van der Waals surface area contributed by atoms with Gasteiger partial charge in [-0.05, 0) is 85.1 Å². The van der Waals surface area contributed by atoms with Crippen molar-refractivity contribution >= 4 is 40.3 Å². The molecule has 5 heteroatoms. The first kappa shape index (κ1) is 19.0. The van der Waals surface area contributed by atoms with E-state index >= 15 is 0 Å². The highest BCUT2D eigenvalue weighted by molar-refractivity contribution is 6.30. The van der Waals surface area contributed by atoms with Crippen LogP contribution in [0.4, 0.5) is 5.69 Å². The number of benzene rings is 3. The number of imidazole rings is 1. The number of aromatic amines is 1. The molecule has 0 saturated heterocycles. The van der Waals surface area contributed by atoms with Crippen LogP contribution in [-0.2, 0) is 4.79 Å². The molecule has 1 aromatic heterocycles. The zero-order chi connectivity index (χ0) is 20.4. The van der Waals surface area contributed by atoms with Gasteiger partial charge < -0.3 is 10.3 Å². The third kappa shape index (κ3) is 4.39. The lowest BCUT2D eigenvalue weighted by atomic mass is 10.1. The van der Waals surface area contributed by atoms with E-state index in [1.807, 2.05) is 36.4 Å². The summed E-state index contributed by atoms with van der Waals surface area (Å²) in [7, 11) is 0. The number of aryl methyl sites for hydroxylation is 2. The first-order chi connectivity index (χ1) is 14.0. The smallest absolute Gasteiger partial charge is 0.248 e. The number of rotatable bonds is 4. The first-order valence-corrected chi connectivity index (χ1v) is 9.68. The van der Waals surface area contributed by atoms with Crippen LogP contribution in [-0.4, -0.2) is 15.9 Å². The average Bonchev–Trinajstić information content (AvgIpc) is 3.11. The summed E-state index contributed by atoms with van der Waals surface area (Å²) in [5.41, 5.74) is 7.03. The maximum absolute atomic E-state index is 12.1. The fourth-order valence-corrected chi connectivity index (χ4v) is 3.17. The van der Waals surface area contributed by atoms with Crippen molar-refractivity contribution < 1.29 is 4.79 Å². The van der Waals surface area contributed by atoms with E-state index in [1.165, 1.54) is 17.2 Å². The highest BCUT2D eigenvalue weighted by Gasteiger charge is 2.07. The van der Waals surface area contributed by atoms with E-state index in [0.717, 1.165) is 33.7 Å². The predicted octanol–water partition coefficient (Wildman–Crippen LogP) is 6.15. The van der Waals surface area contributed by atoms with Gasteiger partial charge in [-0.25, -0.2) is 4.98 Å². The summed E-state index contributed by atoms with van der Waals surface area (Å²) in [4.78, 5) is 20.2. The average molecular weight is 402 g/mol. The van der Waals surface area contributed by atoms with E-state index in [0.29, 0.717) is 5.02 Å². The highest BCUT2D eigenvalue weighted by atomic mass is 35.5. The lowest BCUT2D eigenvalue weighted by Gasteiger charge is -2.03. The molecular formula is C24H20ClN3O. The van der Waals surface area contributed by atoms with E-state index in [-0.39, 0.29) is 5.91 Å². The van der Waals surface area contributed by atoms with Crippen molar-refractivity contribution in [1.29, 1.82) is 0 Å². The summed E-state index contributed by atoms with van der Waals surface area (Å²) in [6.45, 7) is 4.18. The summed E-state index contributed by atoms with van der Waals surface area (Å²) in [5, 5.41) is 3.53. The number of hydrogen-bond acceptors (Lipinski definition) is 2. The number of carbonyl (C=O) groups is 1. The molecule has 1 heterocycles. The molecule has 0 bridgehead atoms. The molecule has 0 aliphatic heterocycles. The molecule has 29 heavy (non-hydrogen) atoms. The Morgan fingerprint density at radius 2 is 1.69 bits per heavy atom. The number of aromatic nitrogens is 2. The molecule has 4 nitrogen and oxygen atoms in total. The molecule has 144 valence electrons. The maximum Gasteiger partial charge on any atom is 0.248 e. The Hall–Kier alpha value is -3.37. The summed E-state index contributed by atoms with van der Waals surface area (Å²) >= 11 is 5.87. The zero-order valence-electron chi connectivity index (χ0n) is 16.2. The van der Waals surface area contributed by atoms with E-state index in [9.17, 15) is 4.79 Å². The molecule has 0 saturated carbocycles. The molecular weight excluding hydrogens is 382 g/mol. The van der Waals surface area contributed by atoms with Gasteiger partial charge in [0.1, 0.15) is 5.82 Å². The molecule has 0 radical (unpaired) electrons. The van der Waals surface area contributed by atoms with Crippen LogP contribution in [0.2, 0.25) is 5.02 Å². The second-order valence-corrected chi connectivity index (χ2v) is 7.43. The Kier molecular flexibility index (Phi) is 5.19. The number of hydrogen-bond donors (Lipinski definition) is 2. The van der Waals surface area contributed by atoms with Gasteiger partial charge in [0, 0.05) is 22.3 Å². The number of halogens is 1. The molecule has 4 rings (SSSR count). The van der Waals surface area contributed by atoms with Crippen molar-refractivity contribution in [2.75, 3.05) is 5.32 Å². The van der Waals surface area contributed by atoms with Gasteiger partial charge in [-0.3, -0.25) is 4.79 Å². The fourth-order valence-electron chi connectivity index (χ4n) is 3.05. The second kappa shape index (κ2) is 7.94. The largest absolute Gasteiger partial charge is 0.338 e. The number of carbonyl (C=O) groups excluding carboxylic acids is 1. The van der Waals surface area contributed by atoms with Crippen LogP contribution in [0.25, 0.3) is 28.5 Å². The molecule has 3 aromatic carbocycles. The Morgan fingerprint density at radius 3 is 2.41 bits per heavy atom. The number of H-pyrrole nitrogens is 1. The van der Waals surface area contributed by atoms with Crippen molar-refractivity contribution in [3.05, 3.63) is 88.5 Å². The van der Waals surface area contributed by atoms with Crippen LogP contribution in [0.1, 0.15) is 16.7 Å². The predicted molar refractivity (Wildman–Crippen MR) is 120 cm³/mol. The van der Waals surface area contributed by atoms with E-state index in [2.05, 4.69) is 41.3 Å². The summed E-state index contributed by atoms with van der Waals surface area (Å²) in [5.74, 6) is 0.618. The van der Waals surface area contributed by atoms with Crippen LogP contribution < -0.4 is 5.32 Å². The van der Waals surface area contributed by atoms with Crippen molar-refractivity contribution in [3.63, 3.8) is 0 Å². The Labute approximate surface area is 174 Å². The Balaban J connectivity index is 1.46. The lowest BCUT2D eigenvalue weighted by Crippen LogP contribution is -2.07. The van der Waals surface area contributed by atoms with Crippen LogP contribution in [0.5, 0.6) is 0 Å². The Morgan fingerprint density at radius 1 is 1.00 bits per heavy atom. The van der Waals surface area contributed by atoms with Gasteiger partial charge in [-0.2, -0.15) is 0 Å². The van der Waals surface area contributed by atoms with Crippen LogP contribution >= 0.6 is 11.6 Å². The molecule has 0 aliphatic rings. The van der Waals surface area contributed by atoms with Gasteiger partial charge in [0.15, 0.2) is 0 Å². The van der Waals surface area contributed by atoms with E-state index < -0.39 is 0 Å². The number of anilines is 1. The van der Waals surface area contributed by atoms with Gasteiger partial charge >= 0.3 is 0 Å². The van der Waals surface area contributed by atoms with Gasteiger partial charge in [-0.1, -0.05) is 23.7 Å². The van der Waals surface area contributed by atoms with Crippen LogP contribution in [0, 0.1) is 13.8 Å². The van der Waals surface area contributed by atoms with Crippen molar-refractivity contribution in [3.8, 4) is 11.4 Å². The topological polar surface area (TPSA) is 57.8 Å². The summed E-state index contributed by atoms with van der Waals surface area (Å²) < 4.78 is 0. The molecule has 2 N–H and O–H groups in total. The van der Waals surface area contributed by atoms with Gasteiger partial charge in [0.05, 0.1) is 11.0 Å². The Bertz CT molecular complexity index is 1170. The molecule has 4 aromatic rings. The zero-order valence-corrected chi connectivity index (χ0v) is 16.9. The standard InChI is InChI=1S/C24H20ClN3O/c1-15-13-21-22(14-16(15)2)28-24(27-21)18-6-10-20(11-7-18)26-23(29)12-5-17-3-8-19(25)9-4-17/h3-14H,1-2H3,(H,26,29)(H,27,28)/b12-5+. The number of nitrogens with one attached hydrogen (secondary N) is 2. The van der Waals surface area contributed by atoms with Crippen molar-refractivity contribution in [2.24, 2.45) is 0 Å². The molecule has 0 spiro atoms. The van der Waals surface area contributed by atoms with Gasteiger partial charge in [0.25, 0.3) is 0 Å². The SMILES string of the molecule is Cc1cc2nc(-c3ccc(NC(=O)/C=C/c4ccc(Cl)cc4)cc3)[nH]c2cc1C. The number of amides is 1. The first-order valence-electron chi connectivity index (χ1n) is 9.30. The second-order valence-electron chi connectivity index (χ2n) is 6.99. The minimum Gasteiger partial charge on any atom is -0.338 e. The lowest BCUT2D eigenvalue weighted by molar-refractivity contribution is -0.111. The summed E-state index contributed by atoms with van der Waals surface area (Å²) in [6.07, 6.45) is 3.25. The quantitative estimate of drug-likeness (QED) is 0.403. The molecule has 0 unspecified atom stereocenters. The molecule has 0 fully saturated rings. The highest BCUT2D eigenvalue weighted by Crippen LogP contribution is 2.24. The van der Waals surface area contributed by atoms with Crippen LogP contribution in [0.15, 0.2) is 66.7 Å². The van der Waals surface area contributed by atoms with Crippen LogP contribution in [0.3, 0.4) is 0 Å². The maximum atomic E-state index is 12.1. The monoisotopic (exact) mass is 401 g/mol. The van der Waals surface area contributed by atoms with E-state index in [1.54, 1.807) is 18.2 Å². The third-order valence-electron chi connectivity index (χ3n) is 4.82. The third-order valence-corrected chi connectivity index (χ3v) is 5.07. The normalized spacial score (nSPS) is 11.3. The minimum atomic E-state index is -0.192. The molecule has 1 amide bonds. The van der Waals surface area contributed by atoms with Gasteiger partial charge in [0.2, 0.25) is 5.91 Å². The molecule has 0 aliphatic carbocycles. The van der Waals surface area contributed by atoms with Crippen molar-refractivity contribution in [1.82, 2.24) is 9.97 Å². The van der Waals surface area contributed by atoms with Gasteiger partial charge in [-0.15, -0.1) is 0 Å². The minimum absolute atomic E-state index is 0.192. The number of nitrogens with zero attached hydrogens (tertiary/aromatic N) is 1. The van der Waals surface area contributed by atoms with E-state index in [4.69, 9.17) is 11.6 Å². The number of fused-ring (bicyclic) bond motifs is 1.